The first kappa shape index (κ1) is 11.7. The van der Waals surface area contributed by atoms with Gasteiger partial charge in [0.2, 0.25) is 5.89 Å². The Bertz CT molecular complexity index is 322. The second-order valence-electron chi connectivity index (χ2n) is 4.07. The number of alkyl halides is 1. The molecule has 6 heteroatoms. The van der Waals surface area contributed by atoms with Crippen LogP contribution in [0.3, 0.4) is 0 Å². The number of piperazine rings is 1. The van der Waals surface area contributed by atoms with Gasteiger partial charge in [0, 0.05) is 38.5 Å². The number of halogens is 1. The summed E-state index contributed by atoms with van der Waals surface area (Å²) in [6.07, 6.45) is 1.65. The van der Waals surface area contributed by atoms with E-state index in [9.17, 15) is 0 Å². The van der Waals surface area contributed by atoms with Crippen molar-refractivity contribution in [1.82, 2.24) is 15.0 Å². The summed E-state index contributed by atoms with van der Waals surface area (Å²) in [5, 5.41) is 4.00. The van der Waals surface area contributed by atoms with Gasteiger partial charge in [-0.25, -0.2) is 0 Å². The van der Waals surface area contributed by atoms with Crippen molar-refractivity contribution >= 4 is 17.5 Å². The molecule has 0 unspecified atom stereocenters. The molecule has 0 bridgehead atoms. The largest absolute Gasteiger partial charge is 0.337 e. The van der Waals surface area contributed by atoms with E-state index in [1.807, 2.05) is 0 Å². The van der Waals surface area contributed by atoms with E-state index in [0.29, 0.717) is 11.8 Å². The molecular formula is C10H17ClN4O. The molecule has 0 aromatic carbocycles. The van der Waals surface area contributed by atoms with E-state index >= 15 is 0 Å². The van der Waals surface area contributed by atoms with Crippen molar-refractivity contribution in [3.05, 3.63) is 5.89 Å². The van der Waals surface area contributed by atoms with Crippen LogP contribution in [0.1, 0.15) is 12.3 Å². The van der Waals surface area contributed by atoms with Crippen molar-refractivity contribution in [1.29, 1.82) is 0 Å². The minimum Gasteiger partial charge on any atom is -0.337 e. The van der Waals surface area contributed by atoms with Crippen LogP contribution in [0.4, 0.5) is 5.95 Å². The molecule has 1 aromatic rings. The highest BCUT2D eigenvalue weighted by Gasteiger charge is 2.18. The molecule has 1 aromatic heterocycles. The van der Waals surface area contributed by atoms with Gasteiger partial charge in [0.15, 0.2) is 0 Å². The lowest BCUT2D eigenvalue weighted by molar-refractivity contribution is 0.308. The van der Waals surface area contributed by atoms with E-state index in [4.69, 9.17) is 16.1 Å². The van der Waals surface area contributed by atoms with E-state index < -0.39 is 0 Å². The summed E-state index contributed by atoms with van der Waals surface area (Å²) in [4.78, 5) is 8.82. The number of aromatic nitrogens is 2. The molecule has 1 saturated heterocycles. The third-order valence-electron chi connectivity index (χ3n) is 2.77. The van der Waals surface area contributed by atoms with Crippen LogP contribution >= 0.6 is 11.6 Å². The van der Waals surface area contributed by atoms with Crippen molar-refractivity contribution in [2.24, 2.45) is 0 Å². The van der Waals surface area contributed by atoms with Gasteiger partial charge in [-0.3, -0.25) is 0 Å². The molecule has 0 saturated carbocycles. The molecule has 0 aliphatic carbocycles. The van der Waals surface area contributed by atoms with Gasteiger partial charge in [0.25, 0.3) is 5.95 Å². The molecule has 0 spiro atoms. The highest BCUT2D eigenvalue weighted by atomic mass is 35.5. The van der Waals surface area contributed by atoms with Crippen LogP contribution in [0.2, 0.25) is 0 Å². The Labute approximate surface area is 100 Å². The Morgan fingerprint density at radius 3 is 2.75 bits per heavy atom. The highest BCUT2D eigenvalue weighted by molar-refractivity contribution is 6.17. The fourth-order valence-electron chi connectivity index (χ4n) is 1.70. The Kier molecular flexibility index (Phi) is 4.01. The molecule has 1 fully saturated rings. The number of anilines is 1. The molecule has 2 heterocycles. The maximum Gasteiger partial charge on any atom is 0.266 e. The maximum atomic E-state index is 5.62. The molecule has 1 aliphatic heterocycles. The van der Waals surface area contributed by atoms with Crippen molar-refractivity contribution in [3.63, 3.8) is 0 Å². The normalized spacial score (nSPS) is 18.0. The lowest BCUT2D eigenvalue weighted by atomic mass is 10.3. The van der Waals surface area contributed by atoms with Crippen molar-refractivity contribution in [3.8, 4) is 0 Å². The summed E-state index contributed by atoms with van der Waals surface area (Å²) in [6, 6.07) is 0. The molecule has 0 radical (unpaired) electrons. The highest BCUT2D eigenvalue weighted by Crippen LogP contribution is 2.12. The quantitative estimate of drug-likeness (QED) is 0.740. The molecule has 0 atom stereocenters. The van der Waals surface area contributed by atoms with Crippen LogP contribution < -0.4 is 4.90 Å². The average molecular weight is 245 g/mol. The number of hydrogen-bond acceptors (Lipinski definition) is 5. The molecule has 1 aliphatic rings. The first-order chi connectivity index (χ1) is 7.79. The van der Waals surface area contributed by atoms with E-state index in [-0.39, 0.29) is 0 Å². The van der Waals surface area contributed by atoms with E-state index in [2.05, 4.69) is 27.0 Å². The van der Waals surface area contributed by atoms with Crippen molar-refractivity contribution < 1.29 is 4.52 Å². The Hall–Kier alpha value is -0.810. The Morgan fingerprint density at radius 1 is 1.31 bits per heavy atom. The zero-order valence-electron chi connectivity index (χ0n) is 9.52. The van der Waals surface area contributed by atoms with Gasteiger partial charge in [0.05, 0.1) is 0 Å². The second kappa shape index (κ2) is 5.50. The second-order valence-corrected chi connectivity index (χ2v) is 4.45. The topological polar surface area (TPSA) is 45.4 Å². The molecule has 5 nitrogen and oxygen atoms in total. The fourth-order valence-corrected chi connectivity index (χ4v) is 1.83. The van der Waals surface area contributed by atoms with Gasteiger partial charge in [-0.05, 0) is 18.6 Å². The van der Waals surface area contributed by atoms with Gasteiger partial charge in [-0.2, -0.15) is 4.98 Å². The monoisotopic (exact) mass is 244 g/mol. The van der Waals surface area contributed by atoms with E-state index in [1.165, 1.54) is 0 Å². The summed E-state index contributed by atoms with van der Waals surface area (Å²) in [7, 11) is 2.12. The summed E-state index contributed by atoms with van der Waals surface area (Å²) in [5.41, 5.74) is 0. The van der Waals surface area contributed by atoms with Crippen molar-refractivity contribution in [2.75, 3.05) is 44.0 Å². The zero-order valence-corrected chi connectivity index (χ0v) is 10.3. The van der Waals surface area contributed by atoms with Crippen molar-refractivity contribution in [2.45, 2.75) is 12.8 Å². The summed E-state index contributed by atoms with van der Waals surface area (Å²) < 4.78 is 5.17. The molecule has 0 N–H and O–H groups in total. The number of likely N-dealkylation sites (N-methyl/N-ethyl adjacent to an activating group) is 1. The van der Waals surface area contributed by atoms with Gasteiger partial charge < -0.3 is 14.3 Å². The summed E-state index contributed by atoms with van der Waals surface area (Å²) in [5.74, 6) is 2.04. The van der Waals surface area contributed by atoms with Crippen LogP contribution in [0.5, 0.6) is 0 Å². The minimum absolute atomic E-state index is 0.631. The predicted molar refractivity (Wildman–Crippen MR) is 63.0 cm³/mol. The molecular weight excluding hydrogens is 228 g/mol. The van der Waals surface area contributed by atoms with Crippen LogP contribution in [-0.4, -0.2) is 54.1 Å². The maximum absolute atomic E-state index is 5.62. The van der Waals surface area contributed by atoms with E-state index in [1.54, 1.807) is 0 Å². The van der Waals surface area contributed by atoms with Crippen LogP contribution in [0.25, 0.3) is 0 Å². The first-order valence-electron chi connectivity index (χ1n) is 5.61. The molecule has 2 rings (SSSR count). The van der Waals surface area contributed by atoms with Gasteiger partial charge in [-0.15, -0.1) is 11.6 Å². The first-order valence-corrected chi connectivity index (χ1v) is 6.15. The third-order valence-corrected chi connectivity index (χ3v) is 3.04. The fraction of sp³-hybridized carbons (Fsp3) is 0.800. The average Bonchev–Trinajstić information content (AvgIpc) is 2.76. The predicted octanol–water partition coefficient (Wildman–Crippen LogP) is 0.993. The number of nitrogens with zero attached hydrogens (tertiary/aromatic N) is 4. The summed E-state index contributed by atoms with van der Waals surface area (Å²) in [6.45, 7) is 4.02. The molecule has 90 valence electrons. The Morgan fingerprint density at radius 2 is 2.06 bits per heavy atom. The van der Waals surface area contributed by atoms with Gasteiger partial charge in [0.1, 0.15) is 0 Å². The van der Waals surface area contributed by atoms with Gasteiger partial charge >= 0.3 is 0 Å². The summed E-state index contributed by atoms with van der Waals surface area (Å²) >= 11 is 5.62. The number of rotatable bonds is 4. The standard InChI is InChI=1S/C10H17ClN4O/c1-14-5-7-15(8-6-14)10-12-9(16-13-10)3-2-4-11/h2-8H2,1H3. The lowest BCUT2D eigenvalue weighted by Crippen LogP contribution is -2.44. The minimum atomic E-state index is 0.631. The Balaban J connectivity index is 1.91. The third kappa shape index (κ3) is 2.86. The van der Waals surface area contributed by atoms with Gasteiger partial charge in [-0.1, -0.05) is 0 Å². The number of aryl methyl sites for hydroxylation is 1. The lowest BCUT2D eigenvalue weighted by Gasteiger charge is -2.31. The molecule has 0 amide bonds. The molecule has 16 heavy (non-hydrogen) atoms. The zero-order chi connectivity index (χ0) is 11.4. The van der Waals surface area contributed by atoms with Crippen LogP contribution in [0.15, 0.2) is 4.52 Å². The van der Waals surface area contributed by atoms with E-state index in [0.717, 1.165) is 45.0 Å². The SMILES string of the molecule is CN1CCN(c2noc(CCCCl)n2)CC1. The smallest absolute Gasteiger partial charge is 0.266 e. The van der Waals surface area contributed by atoms with Crippen LogP contribution in [0, 0.1) is 0 Å². The van der Waals surface area contributed by atoms with Crippen LogP contribution in [-0.2, 0) is 6.42 Å². The number of hydrogen-bond donors (Lipinski definition) is 0.